The highest BCUT2D eigenvalue weighted by Crippen LogP contribution is 2.32. The van der Waals surface area contributed by atoms with Gasteiger partial charge >= 0.3 is 0 Å². The van der Waals surface area contributed by atoms with Gasteiger partial charge in [0.05, 0.1) is 23.8 Å². The molecule has 6 nitrogen and oxygen atoms in total. The van der Waals surface area contributed by atoms with E-state index in [1.165, 1.54) is 11.8 Å². The Morgan fingerprint density at radius 1 is 1.38 bits per heavy atom. The van der Waals surface area contributed by atoms with Gasteiger partial charge in [0, 0.05) is 18.5 Å². The molecule has 1 saturated heterocycles. The number of ether oxygens (including phenoxy) is 1. The SMILES string of the molecule is CCc1c(C)sc2nc(SC3CCCCNC3=O)n(CCOC)c(=O)c12. The lowest BCUT2D eigenvalue weighted by atomic mass is 10.1. The number of fused-ring (bicyclic) bond motifs is 1. The normalized spacial score (nSPS) is 18.1. The Balaban J connectivity index is 2.07. The van der Waals surface area contributed by atoms with Gasteiger partial charge < -0.3 is 10.1 Å². The molecule has 0 radical (unpaired) electrons. The largest absolute Gasteiger partial charge is 0.383 e. The number of nitrogens with one attached hydrogen (secondary N) is 1. The maximum absolute atomic E-state index is 13.2. The fourth-order valence-electron chi connectivity index (χ4n) is 3.28. The summed E-state index contributed by atoms with van der Waals surface area (Å²) in [6.45, 7) is 5.69. The summed E-state index contributed by atoms with van der Waals surface area (Å²) in [5.41, 5.74) is 1.06. The molecule has 1 fully saturated rings. The summed E-state index contributed by atoms with van der Waals surface area (Å²) in [7, 11) is 1.62. The van der Waals surface area contributed by atoms with E-state index in [1.54, 1.807) is 23.0 Å². The summed E-state index contributed by atoms with van der Waals surface area (Å²) in [5, 5.41) is 4.09. The molecule has 1 amide bonds. The van der Waals surface area contributed by atoms with Gasteiger partial charge in [0.1, 0.15) is 4.83 Å². The van der Waals surface area contributed by atoms with Crippen LogP contribution in [0.25, 0.3) is 10.2 Å². The minimum absolute atomic E-state index is 0.0234. The third-order valence-corrected chi connectivity index (χ3v) is 6.98. The van der Waals surface area contributed by atoms with Gasteiger partial charge in [0.2, 0.25) is 5.91 Å². The number of rotatable bonds is 6. The molecule has 1 unspecified atom stereocenters. The molecule has 3 rings (SSSR count). The summed E-state index contributed by atoms with van der Waals surface area (Å²) < 4.78 is 6.87. The first-order chi connectivity index (χ1) is 12.6. The predicted molar refractivity (Wildman–Crippen MR) is 106 cm³/mol. The van der Waals surface area contributed by atoms with Gasteiger partial charge in [-0.15, -0.1) is 11.3 Å². The fraction of sp³-hybridized carbons (Fsp3) is 0.611. The van der Waals surface area contributed by atoms with Crippen molar-refractivity contribution < 1.29 is 9.53 Å². The minimum atomic E-state index is -0.206. The Bertz CT molecular complexity index is 859. The highest BCUT2D eigenvalue weighted by atomic mass is 32.2. The zero-order valence-corrected chi connectivity index (χ0v) is 17.1. The van der Waals surface area contributed by atoms with E-state index in [4.69, 9.17) is 9.72 Å². The van der Waals surface area contributed by atoms with Crippen molar-refractivity contribution in [3.63, 3.8) is 0 Å². The third kappa shape index (κ3) is 3.82. The second-order valence-electron chi connectivity index (χ2n) is 6.41. The molecule has 8 heteroatoms. The molecule has 2 aromatic heterocycles. The minimum Gasteiger partial charge on any atom is -0.383 e. The summed E-state index contributed by atoms with van der Waals surface area (Å²) in [6.07, 6.45) is 3.61. The number of aromatic nitrogens is 2. The standard InChI is InChI=1S/C18H25N3O3S2/c1-4-12-11(2)25-16-14(12)17(23)21(9-10-24-3)18(20-16)26-13-7-5-6-8-19-15(13)22/h13H,4-10H2,1-3H3,(H,19,22). The van der Waals surface area contributed by atoms with Crippen LogP contribution in [-0.2, 0) is 22.5 Å². The molecule has 1 aliphatic heterocycles. The van der Waals surface area contributed by atoms with E-state index in [-0.39, 0.29) is 16.7 Å². The van der Waals surface area contributed by atoms with Gasteiger partial charge in [-0.2, -0.15) is 0 Å². The summed E-state index contributed by atoms with van der Waals surface area (Å²) >= 11 is 2.97. The van der Waals surface area contributed by atoms with Gasteiger partial charge in [-0.25, -0.2) is 4.98 Å². The Morgan fingerprint density at radius 2 is 2.19 bits per heavy atom. The Morgan fingerprint density at radius 3 is 2.92 bits per heavy atom. The molecule has 3 heterocycles. The summed E-state index contributed by atoms with van der Waals surface area (Å²) in [4.78, 5) is 32.2. The van der Waals surface area contributed by atoms with Crippen LogP contribution in [0.15, 0.2) is 9.95 Å². The number of carbonyl (C=O) groups is 1. The number of hydrogen-bond donors (Lipinski definition) is 1. The average Bonchev–Trinajstić information content (AvgIpc) is 2.80. The molecule has 0 bridgehead atoms. The maximum Gasteiger partial charge on any atom is 0.263 e. The topological polar surface area (TPSA) is 73.2 Å². The molecule has 0 saturated carbocycles. The third-order valence-electron chi connectivity index (χ3n) is 4.68. The van der Waals surface area contributed by atoms with Crippen molar-refractivity contribution >= 4 is 39.2 Å². The van der Waals surface area contributed by atoms with E-state index in [0.717, 1.165) is 52.9 Å². The molecule has 2 aromatic rings. The number of methoxy groups -OCH3 is 1. The van der Waals surface area contributed by atoms with Crippen LogP contribution in [-0.4, -0.2) is 41.0 Å². The lowest BCUT2D eigenvalue weighted by molar-refractivity contribution is -0.120. The van der Waals surface area contributed by atoms with E-state index in [1.807, 2.05) is 6.92 Å². The molecule has 0 spiro atoms. The fourth-order valence-corrected chi connectivity index (χ4v) is 5.61. The van der Waals surface area contributed by atoms with E-state index in [0.29, 0.717) is 18.3 Å². The monoisotopic (exact) mass is 395 g/mol. The lowest BCUT2D eigenvalue weighted by Crippen LogP contribution is -2.32. The summed E-state index contributed by atoms with van der Waals surface area (Å²) in [6, 6.07) is 0. The highest BCUT2D eigenvalue weighted by molar-refractivity contribution is 8.00. The molecular weight excluding hydrogens is 370 g/mol. The van der Waals surface area contributed by atoms with Crippen LogP contribution in [0.3, 0.4) is 0 Å². The van der Waals surface area contributed by atoms with E-state index in [9.17, 15) is 9.59 Å². The Labute approximate surface area is 161 Å². The molecule has 0 aromatic carbocycles. The van der Waals surface area contributed by atoms with Crippen molar-refractivity contribution in [2.75, 3.05) is 20.3 Å². The van der Waals surface area contributed by atoms with Gasteiger partial charge in [-0.3, -0.25) is 14.2 Å². The second kappa shape index (κ2) is 8.54. The number of amides is 1. The molecule has 1 aliphatic rings. The molecule has 26 heavy (non-hydrogen) atoms. The van der Waals surface area contributed by atoms with Crippen LogP contribution >= 0.6 is 23.1 Å². The first-order valence-electron chi connectivity index (χ1n) is 9.03. The lowest BCUT2D eigenvalue weighted by Gasteiger charge is -2.16. The number of nitrogens with zero attached hydrogens (tertiary/aromatic N) is 2. The van der Waals surface area contributed by atoms with E-state index in [2.05, 4.69) is 12.2 Å². The van der Waals surface area contributed by atoms with Crippen LogP contribution in [0, 0.1) is 6.92 Å². The number of hydrogen-bond acceptors (Lipinski definition) is 6. The molecular formula is C18H25N3O3S2. The first-order valence-corrected chi connectivity index (χ1v) is 10.7. The van der Waals surface area contributed by atoms with Crippen molar-refractivity contribution in [2.45, 2.75) is 56.5 Å². The average molecular weight is 396 g/mol. The number of carbonyl (C=O) groups excluding carboxylic acids is 1. The van der Waals surface area contributed by atoms with Crippen molar-refractivity contribution in [3.8, 4) is 0 Å². The van der Waals surface area contributed by atoms with Crippen LogP contribution in [0.5, 0.6) is 0 Å². The predicted octanol–water partition coefficient (Wildman–Crippen LogP) is 2.74. The van der Waals surface area contributed by atoms with Crippen molar-refractivity contribution in [2.24, 2.45) is 0 Å². The van der Waals surface area contributed by atoms with Gasteiger partial charge in [-0.05, 0) is 31.7 Å². The Kier molecular flexibility index (Phi) is 6.37. The second-order valence-corrected chi connectivity index (χ2v) is 8.78. The van der Waals surface area contributed by atoms with Crippen LogP contribution in [0.1, 0.15) is 36.6 Å². The zero-order chi connectivity index (χ0) is 18.7. The van der Waals surface area contributed by atoms with Crippen LogP contribution < -0.4 is 10.9 Å². The number of thioether (sulfide) groups is 1. The van der Waals surface area contributed by atoms with Gasteiger partial charge in [0.15, 0.2) is 5.16 Å². The quantitative estimate of drug-likeness (QED) is 0.762. The number of aryl methyl sites for hydroxylation is 2. The number of thiophene rings is 1. The van der Waals surface area contributed by atoms with E-state index < -0.39 is 0 Å². The van der Waals surface area contributed by atoms with Crippen LogP contribution in [0.4, 0.5) is 0 Å². The molecule has 142 valence electrons. The van der Waals surface area contributed by atoms with Crippen molar-refractivity contribution in [1.29, 1.82) is 0 Å². The maximum atomic E-state index is 13.2. The van der Waals surface area contributed by atoms with Gasteiger partial charge in [0.25, 0.3) is 5.56 Å². The molecule has 1 atom stereocenters. The highest BCUT2D eigenvalue weighted by Gasteiger charge is 2.25. The molecule has 1 N–H and O–H groups in total. The van der Waals surface area contributed by atoms with E-state index >= 15 is 0 Å². The Hall–Kier alpha value is -1.38. The smallest absolute Gasteiger partial charge is 0.263 e. The van der Waals surface area contributed by atoms with Gasteiger partial charge in [-0.1, -0.05) is 25.1 Å². The summed E-state index contributed by atoms with van der Waals surface area (Å²) in [5.74, 6) is 0.0387. The molecule has 0 aliphatic carbocycles. The van der Waals surface area contributed by atoms with Crippen molar-refractivity contribution in [1.82, 2.24) is 14.9 Å². The van der Waals surface area contributed by atoms with Crippen molar-refractivity contribution in [3.05, 3.63) is 20.8 Å². The first kappa shape index (κ1) is 19.4. The van der Waals surface area contributed by atoms with Crippen LogP contribution in [0.2, 0.25) is 0 Å². The zero-order valence-electron chi connectivity index (χ0n) is 15.5.